The number of nitrogens with zero attached hydrogens (tertiary/aromatic N) is 1. The molecule has 0 amide bonds. The van der Waals surface area contributed by atoms with Gasteiger partial charge < -0.3 is 15.0 Å². The lowest BCUT2D eigenvalue weighted by molar-refractivity contribution is 0.00578. The summed E-state index contributed by atoms with van der Waals surface area (Å²) in [5.74, 6) is 0. The second-order valence-corrected chi connectivity index (χ2v) is 6.89. The molecule has 0 saturated carbocycles. The SMILES string of the molecule is CC(N)Cc1cnc(B2OC(C)(C)C(C)(C)O2)c(Cl)c1. The summed E-state index contributed by atoms with van der Waals surface area (Å²) in [6.45, 7) is 9.98. The van der Waals surface area contributed by atoms with E-state index >= 15 is 0 Å². The molecule has 1 unspecified atom stereocenters. The molecule has 1 aliphatic heterocycles. The van der Waals surface area contributed by atoms with Crippen LogP contribution in [0.5, 0.6) is 0 Å². The quantitative estimate of drug-likeness (QED) is 0.866. The fraction of sp³-hybridized carbons (Fsp3) is 0.643. The maximum absolute atomic E-state index is 6.32. The topological polar surface area (TPSA) is 57.4 Å². The van der Waals surface area contributed by atoms with Crippen LogP contribution in [0.2, 0.25) is 5.02 Å². The third kappa shape index (κ3) is 3.01. The molecule has 0 radical (unpaired) electrons. The second-order valence-electron chi connectivity index (χ2n) is 6.48. The molecule has 2 rings (SSSR count). The zero-order chi connectivity index (χ0) is 15.1. The molecule has 0 spiro atoms. The number of nitrogens with two attached hydrogens (primary N) is 1. The van der Waals surface area contributed by atoms with Crippen molar-refractivity contribution in [2.75, 3.05) is 0 Å². The highest BCUT2D eigenvalue weighted by Gasteiger charge is 2.52. The van der Waals surface area contributed by atoms with Gasteiger partial charge in [0.2, 0.25) is 0 Å². The van der Waals surface area contributed by atoms with E-state index in [-0.39, 0.29) is 6.04 Å². The van der Waals surface area contributed by atoms with Crippen LogP contribution in [0, 0.1) is 0 Å². The highest BCUT2D eigenvalue weighted by molar-refractivity contribution is 6.64. The largest absolute Gasteiger partial charge is 0.516 e. The van der Waals surface area contributed by atoms with E-state index in [2.05, 4.69) is 4.98 Å². The van der Waals surface area contributed by atoms with Crippen molar-refractivity contribution in [1.82, 2.24) is 4.98 Å². The van der Waals surface area contributed by atoms with Crippen LogP contribution in [0.1, 0.15) is 40.2 Å². The van der Waals surface area contributed by atoms with Gasteiger partial charge in [-0.1, -0.05) is 11.6 Å². The van der Waals surface area contributed by atoms with Crippen molar-refractivity contribution in [1.29, 1.82) is 0 Å². The molecule has 1 aromatic rings. The summed E-state index contributed by atoms with van der Waals surface area (Å²) in [5.41, 5.74) is 6.64. The van der Waals surface area contributed by atoms with E-state index in [0.717, 1.165) is 12.0 Å². The van der Waals surface area contributed by atoms with Crippen LogP contribution in [0.15, 0.2) is 12.3 Å². The minimum atomic E-state index is -0.531. The molecule has 0 bridgehead atoms. The minimum Gasteiger partial charge on any atom is -0.398 e. The Kier molecular flexibility index (Phi) is 4.18. The molecule has 0 aliphatic carbocycles. The number of rotatable bonds is 3. The van der Waals surface area contributed by atoms with Crippen molar-refractivity contribution in [2.45, 2.75) is 58.3 Å². The molecule has 4 nitrogen and oxygen atoms in total. The first kappa shape index (κ1) is 15.8. The molecular weight excluding hydrogens is 274 g/mol. The molecule has 0 aromatic carbocycles. The molecule has 6 heteroatoms. The summed E-state index contributed by atoms with van der Waals surface area (Å²) in [5, 5.41) is 0.557. The summed E-state index contributed by atoms with van der Waals surface area (Å²) in [7, 11) is -0.531. The normalized spacial score (nSPS) is 22.1. The Bertz CT molecular complexity index is 490. The standard InChI is InChI=1S/C14H22BClN2O2/c1-9(17)6-10-7-11(16)12(18-8-10)15-19-13(2,3)14(4,5)20-15/h7-9H,6,17H2,1-5H3. The average Bonchev–Trinajstić information content (AvgIpc) is 2.46. The highest BCUT2D eigenvalue weighted by Crippen LogP contribution is 2.36. The molecule has 20 heavy (non-hydrogen) atoms. The molecule has 1 saturated heterocycles. The molecule has 110 valence electrons. The summed E-state index contributed by atoms with van der Waals surface area (Å²) >= 11 is 6.32. The molecule has 1 aromatic heterocycles. The summed E-state index contributed by atoms with van der Waals surface area (Å²) in [6.07, 6.45) is 2.53. The maximum Gasteiger partial charge on any atom is 0.516 e. The van der Waals surface area contributed by atoms with Crippen LogP contribution in [0.4, 0.5) is 0 Å². The van der Waals surface area contributed by atoms with Gasteiger partial charge in [-0.3, -0.25) is 4.98 Å². The number of halogens is 1. The average molecular weight is 297 g/mol. The van der Waals surface area contributed by atoms with E-state index in [4.69, 9.17) is 26.6 Å². The lowest BCUT2D eigenvalue weighted by atomic mass is 9.83. The van der Waals surface area contributed by atoms with Gasteiger partial charge in [-0.05, 0) is 52.7 Å². The lowest BCUT2D eigenvalue weighted by Crippen LogP contribution is -2.41. The molecule has 1 atom stereocenters. The van der Waals surface area contributed by atoms with Gasteiger partial charge >= 0.3 is 7.12 Å². The van der Waals surface area contributed by atoms with E-state index in [1.165, 1.54) is 0 Å². The number of pyridine rings is 1. The van der Waals surface area contributed by atoms with E-state index in [1.807, 2.05) is 40.7 Å². The Balaban J connectivity index is 2.23. The van der Waals surface area contributed by atoms with E-state index < -0.39 is 18.3 Å². The first-order valence-electron chi connectivity index (χ1n) is 6.88. The molecule has 2 N–H and O–H groups in total. The van der Waals surface area contributed by atoms with Crippen molar-refractivity contribution < 1.29 is 9.31 Å². The van der Waals surface area contributed by atoms with Crippen LogP contribution in [-0.2, 0) is 15.7 Å². The van der Waals surface area contributed by atoms with Crippen molar-refractivity contribution in [3.63, 3.8) is 0 Å². The first-order valence-corrected chi connectivity index (χ1v) is 7.26. The highest BCUT2D eigenvalue weighted by atomic mass is 35.5. The van der Waals surface area contributed by atoms with Crippen LogP contribution in [0.3, 0.4) is 0 Å². The van der Waals surface area contributed by atoms with Gasteiger partial charge in [-0.25, -0.2) is 0 Å². The number of hydrogen-bond donors (Lipinski definition) is 1. The first-order chi connectivity index (χ1) is 9.12. The molecule has 1 aliphatic rings. The van der Waals surface area contributed by atoms with Crippen LogP contribution >= 0.6 is 11.6 Å². The van der Waals surface area contributed by atoms with Gasteiger partial charge in [0.1, 0.15) is 0 Å². The zero-order valence-corrected chi connectivity index (χ0v) is 13.5. The third-order valence-corrected chi connectivity index (χ3v) is 4.26. The summed E-state index contributed by atoms with van der Waals surface area (Å²) in [6, 6.07) is 1.97. The van der Waals surface area contributed by atoms with Gasteiger partial charge in [0.25, 0.3) is 0 Å². The Hall–Kier alpha value is -0.615. The number of aromatic nitrogens is 1. The number of hydrogen-bond acceptors (Lipinski definition) is 4. The van der Waals surface area contributed by atoms with Gasteiger partial charge in [-0.15, -0.1) is 0 Å². The monoisotopic (exact) mass is 296 g/mol. The fourth-order valence-electron chi connectivity index (χ4n) is 2.10. The predicted molar refractivity (Wildman–Crippen MR) is 82.3 cm³/mol. The Morgan fingerprint density at radius 3 is 2.30 bits per heavy atom. The lowest BCUT2D eigenvalue weighted by Gasteiger charge is -2.32. The van der Waals surface area contributed by atoms with E-state index in [1.54, 1.807) is 6.20 Å². The van der Waals surface area contributed by atoms with Gasteiger partial charge in [0.15, 0.2) is 0 Å². The van der Waals surface area contributed by atoms with Crippen LogP contribution in [-0.4, -0.2) is 29.3 Å². The molecule has 2 heterocycles. The predicted octanol–water partition coefficient (Wildman–Crippen LogP) is 1.92. The van der Waals surface area contributed by atoms with E-state index in [9.17, 15) is 0 Å². The van der Waals surface area contributed by atoms with Crippen molar-refractivity contribution >= 4 is 24.3 Å². The van der Waals surface area contributed by atoms with E-state index in [0.29, 0.717) is 10.6 Å². The Morgan fingerprint density at radius 1 is 1.30 bits per heavy atom. The van der Waals surface area contributed by atoms with Gasteiger partial charge in [0, 0.05) is 12.2 Å². The Labute approximate surface area is 126 Å². The van der Waals surface area contributed by atoms with Gasteiger partial charge in [-0.2, -0.15) is 0 Å². The van der Waals surface area contributed by atoms with Crippen molar-refractivity contribution in [3.05, 3.63) is 22.8 Å². The van der Waals surface area contributed by atoms with Gasteiger partial charge in [0.05, 0.1) is 21.8 Å². The molecule has 1 fully saturated rings. The maximum atomic E-state index is 6.32. The van der Waals surface area contributed by atoms with Crippen LogP contribution in [0.25, 0.3) is 0 Å². The van der Waals surface area contributed by atoms with Crippen LogP contribution < -0.4 is 11.3 Å². The second kappa shape index (κ2) is 5.30. The molecular formula is C14H22BClN2O2. The minimum absolute atomic E-state index is 0.0792. The third-order valence-electron chi connectivity index (χ3n) is 3.96. The zero-order valence-electron chi connectivity index (χ0n) is 12.7. The summed E-state index contributed by atoms with van der Waals surface area (Å²) < 4.78 is 11.9. The van der Waals surface area contributed by atoms with Crippen molar-refractivity contribution in [2.24, 2.45) is 5.73 Å². The van der Waals surface area contributed by atoms with Crippen molar-refractivity contribution in [3.8, 4) is 0 Å². The smallest absolute Gasteiger partial charge is 0.398 e. The fourth-order valence-corrected chi connectivity index (χ4v) is 2.38. The Morgan fingerprint density at radius 2 is 1.85 bits per heavy atom. The summed E-state index contributed by atoms with van der Waals surface area (Å²) in [4.78, 5) is 4.41.